The van der Waals surface area contributed by atoms with Crippen molar-refractivity contribution in [2.45, 2.75) is 64.9 Å². The van der Waals surface area contributed by atoms with Crippen LogP contribution in [-0.2, 0) is 6.42 Å². The molecule has 0 atom stereocenters. The molecular formula is C18H28O. The van der Waals surface area contributed by atoms with Crippen LogP contribution in [0.25, 0.3) is 0 Å². The van der Waals surface area contributed by atoms with Crippen molar-refractivity contribution in [3.63, 3.8) is 0 Å². The van der Waals surface area contributed by atoms with Gasteiger partial charge in [-0.05, 0) is 55.4 Å². The highest BCUT2D eigenvalue weighted by Crippen LogP contribution is 2.42. The second-order valence-corrected chi connectivity index (χ2v) is 7.35. The summed E-state index contributed by atoms with van der Waals surface area (Å²) < 4.78 is 0. The Labute approximate surface area is 118 Å². The molecule has 0 unspecified atom stereocenters. The van der Waals surface area contributed by atoms with Gasteiger partial charge in [0.15, 0.2) is 0 Å². The Hall–Kier alpha value is -0.820. The Balaban J connectivity index is 1.85. The Morgan fingerprint density at radius 2 is 1.68 bits per heavy atom. The highest BCUT2D eigenvalue weighted by molar-refractivity contribution is 5.15. The van der Waals surface area contributed by atoms with E-state index in [0.29, 0.717) is 5.41 Å². The maximum atomic E-state index is 10.7. The summed E-state index contributed by atoms with van der Waals surface area (Å²) >= 11 is 0. The Bertz CT molecular complexity index is 380. The molecule has 0 radical (unpaired) electrons. The van der Waals surface area contributed by atoms with E-state index < -0.39 is 5.60 Å². The molecule has 106 valence electrons. The molecule has 1 aliphatic rings. The van der Waals surface area contributed by atoms with Gasteiger partial charge < -0.3 is 5.11 Å². The van der Waals surface area contributed by atoms with Crippen LogP contribution in [0.4, 0.5) is 0 Å². The predicted octanol–water partition coefficient (Wildman–Crippen LogP) is 4.59. The molecule has 19 heavy (non-hydrogen) atoms. The smallest absolute Gasteiger partial charge is 0.0651 e. The third kappa shape index (κ3) is 4.07. The van der Waals surface area contributed by atoms with E-state index in [9.17, 15) is 5.11 Å². The van der Waals surface area contributed by atoms with Gasteiger partial charge in [-0.3, -0.25) is 0 Å². The van der Waals surface area contributed by atoms with Crippen molar-refractivity contribution < 1.29 is 5.11 Å². The zero-order valence-corrected chi connectivity index (χ0v) is 12.7. The Kier molecular flexibility index (Phi) is 4.35. The fraction of sp³-hybridized carbons (Fsp3) is 0.667. The van der Waals surface area contributed by atoms with Crippen molar-refractivity contribution in [3.05, 3.63) is 35.9 Å². The van der Waals surface area contributed by atoms with E-state index in [0.717, 1.165) is 31.6 Å². The second kappa shape index (κ2) is 5.66. The molecule has 1 aliphatic carbocycles. The van der Waals surface area contributed by atoms with Crippen molar-refractivity contribution >= 4 is 0 Å². The second-order valence-electron chi connectivity index (χ2n) is 7.35. The first-order chi connectivity index (χ1) is 8.89. The first-order valence-electron chi connectivity index (χ1n) is 7.65. The number of benzene rings is 1. The van der Waals surface area contributed by atoms with E-state index in [1.807, 2.05) is 6.07 Å². The largest absolute Gasteiger partial charge is 0.390 e. The van der Waals surface area contributed by atoms with Crippen LogP contribution in [0.1, 0.15) is 58.4 Å². The summed E-state index contributed by atoms with van der Waals surface area (Å²) in [5.74, 6) is 0.768. The van der Waals surface area contributed by atoms with E-state index in [4.69, 9.17) is 0 Å². The van der Waals surface area contributed by atoms with Crippen LogP contribution in [0.15, 0.2) is 30.3 Å². The maximum absolute atomic E-state index is 10.7. The molecule has 1 fully saturated rings. The van der Waals surface area contributed by atoms with Gasteiger partial charge in [0.05, 0.1) is 5.60 Å². The molecule has 1 aromatic carbocycles. The lowest BCUT2D eigenvalue weighted by molar-refractivity contribution is -0.0309. The summed E-state index contributed by atoms with van der Waals surface area (Å²) in [5, 5.41) is 10.7. The summed E-state index contributed by atoms with van der Waals surface area (Å²) in [7, 11) is 0. The van der Waals surface area contributed by atoms with Gasteiger partial charge in [-0.15, -0.1) is 0 Å². The molecule has 1 aromatic rings. The van der Waals surface area contributed by atoms with Gasteiger partial charge >= 0.3 is 0 Å². The molecule has 1 N–H and O–H groups in total. The van der Waals surface area contributed by atoms with Crippen LogP contribution in [0, 0.1) is 11.3 Å². The van der Waals surface area contributed by atoms with Crippen LogP contribution < -0.4 is 0 Å². The van der Waals surface area contributed by atoms with E-state index in [1.54, 1.807) is 0 Å². The van der Waals surface area contributed by atoms with Crippen LogP contribution in [0.5, 0.6) is 0 Å². The van der Waals surface area contributed by atoms with Gasteiger partial charge in [-0.1, -0.05) is 51.1 Å². The van der Waals surface area contributed by atoms with Gasteiger partial charge in [-0.2, -0.15) is 0 Å². The van der Waals surface area contributed by atoms with Gasteiger partial charge in [0.1, 0.15) is 0 Å². The van der Waals surface area contributed by atoms with E-state index in [2.05, 4.69) is 45.0 Å². The third-order valence-corrected chi connectivity index (χ3v) is 4.86. The average molecular weight is 260 g/mol. The predicted molar refractivity (Wildman–Crippen MR) is 81.1 cm³/mol. The molecule has 1 nitrogen and oxygen atoms in total. The van der Waals surface area contributed by atoms with Crippen molar-refractivity contribution in [2.75, 3.05) is 0 Å². The highest BCUT2D eigenvalue weighted by atomic mass is 16.3. The SMILES string of the molecule is CC(C)(C)C1CCC(O)(CCc2ccccc2)CC1. The summed E-state index contributed by atoms with van der Waals surface area (Å²) in [4.78, 5) is 0. The van der Waals surface area contributed by atoms with Crippen molar-refractivity contribution in [3.8, 4) is 0 Å². The van der Waals surface area contributed by atoms with Crippen LogP contribution in [0.3, 0.4) is 0 Å². The molecule has 0 amide bonds. The van der Waals surface area contributed by atoms with Crippen molar-refractivity contribution in [1.29, 1.82) is 0 Å². The zero-order valence-electron chi connectivity index (χ0n) is 12.7. The fourth-order valence-corrected chi connectivity index (χ4v) is 3.29. The summed E-state index contributed by atoms with van der Waals surface area (Å²) in [6, 6.07) is 10.5. The number of hydrogen-bond acceptors (Lipinski definition) is 1. The quantitative estimate of drug-likeness (QED) is 0.843. The van der Waals surface area contributed by atoms with Crippen molar-refractivity contribution in [2.24, 2.45) is 11.3 Å². The molecule has 0 bridgehead atoms. The number of rotatable bonds is 3. The minimum Gasteiger partial charge on any atom is -0.390 e. The molecule has 1 heteroatoms. The zero-order chi connectivity index (χ0) is 13.9. The summed E-state index contributed by atoms with van der Waals surface area (Å²) in [6.07, 6.45) is 6.21. The molecule has 0 saturated heterocycles. The molecule has 0 aromatic heterocycles. The molecular weight excluding hydrogens is 232 g/mol. The lowest BCUT2D eigenvalue weighted by atomic mass is 9.67. The Morgan fingerprint density at radius 3 is 2.21 bits per heavy atom. The van der Waals surface area contributed by atoms with Crippen LogP contribution in [-0.4, -0.2) is 10.7 Å². The minimum absolute atomic E-state index is 0.390. The van der Waals surface area contributed by atoms with E-state index >= 15 is 0 Å². The minimum atomic E-state index is -0.419. The van der Waals surface area contributed by atoms with Gasteiger partial charge in [0, 0.05) is 0 Å². The molecule has 0 heterocycles. The number of hydrogen-bond donors (Lipinski definition) is 1. The molecule has 0 aliphatic heterocycles. The van der Waals surface area contributed by atoms with Gasteiger partial charge in [0.25, 0.3) is 0 Å². The highest BCUT2D eigenvalue weighted by Gasteiger charge is 2.36. The Morgan fingerprint density at radius 1 is 1.11 bits per heavy atom. The van der Waals surface area contributed by atoms with E-state index in [1.165, 1.54) is 18.4 Å². The lowest BCUT2D eigenvalue weighted by Gasteiger charge is -2.41. The monoisotopic (exact) mass is 260 g/mol. The molecule has 0 spiro atoms. The number of aryl methyl sites for hydroxylation is 1. The van der Waals surface area contributed by atoms with Crippen molar-refractivity contribution in [1.82, 2.24) is 0 Å². The lowest BCUT2D eigenvalue weighted by Crippen LogP contribution is -2.37. The van der Waals surface area contributed by atoms with Gasteiger partial charge in [-0.25, -0.2) is 0 Å². The number of aliphatic hydroxyl groups is 1. The normalized spacial score (nSPS) is 28.3. The van der Waals surface area contributed by atoms with Crippen LogP contribution >= 0.6 is 0 Å². The third-order valence-electron chi connectivity index (χ3n) is 4.86. The van der Waals surface area contributed by atoms with Crippen LogP contribution in [0.2, 0.25) is 0 Å². The summed E-state index contributed by atoms with van der Waals surface area (Å²) in [6.45, 7) is 6.98. The van der Waals surface area contributed by atoms with Gasteiger partial charge in [0.2, 0.25) is 0 Å². The first kappa shape index (κ1) is 14.6. The topological polar surface area (TPSA) is 20.2 Å². The average Bonchev–Trinajstić information content (AvgIpc) is 2.37. The maximum Gasteiger partial charge on any atom is 0.0651 e. The molecule has 2 rings (SSSR count). The summed E-state index contributed by atoms with van der Waals surface area (Å²) in [5.41, 5.74) is 1.31. The fourth-order valence-electron chi connectivity index (χ4n) is 3.29. The molecule has 1 saturated carbocycles. The first-order valence-corrected chi connectivity index (χ1v) is 7.65. The van der Waals surface area contributed by atoms with E-state index in [-0.39, 0.29) is 0 Å². The standard InChI is InChI=1S/C18H28O/c1-17(2,3)16-10-13-18(19,14-11-16)12-9-15-7-5-4-6-8-15/h4-8,16,19H,9-14H2,1-3H3.